The maximum Gasteiger partial charge on any atom is 0.113 e. The Morgan fingerprint density at radius 1 is 1.12 bits per heavy atom. The first-order chi connectivity index (χ1) is 8.28. The van der Waals surface area contributed by atoms with Gasteiger partial charge in [0, 0.05) is 18.1 Å². The third kappa shape index (κ3) is 2.26. The minimum Gasteiger partial charge on any atom is -0.381 e. The molecular formula is C13H20N2OS. The third-order valence-electron chi connectivity index (χ3n) is 3.88. The van der Waals surface area contributed by atoms with Crippen LogP contribution in [0.1, 0.15) is 47.7 Å². The Kier molecular flexibility index (Phi) is 3.19. The summed E-state index contributed by atoms with van der Waals surface area (Å²) in [7, 11) is 0. The van der Waals surface area contributed by atoms with Crippen LogP contribution in [0.25, 0.3) is 0 Å². The van der Waals surface area contributed by atoms with Gasteiger partial charge in [0.2, 0.25) is 0 Å². The molecule has 94 valence electrons. The Morgan fingerprint density at radius 3 is 2.88 bits per heavy atom. The van der Waals surface area contributed by atoms with Crippen molar-refractivity contribution in [3.63, 3.8) is 0 Å². The van der Waals surface area contributed by atoms with Gasteiger partial charge in [-0.15, -0.1) is 11.3 Å². The van der Waals surface area contributed by atoms with Crippen molar-refractivity contribution in [2.24, 2.45) is 5.73 Å². The molecule has 4 heteroatoms. The highest BCUT2D eigenvalue weighted by atomic mass is 32.1. The molecule has 1 unspecified atom stereocenters. The van der Waals surface area contributed by atoms with Gasteiger partial charge in [0.15, 0.2) is 0 Å². The predicted molar refractivity (Wildman–Crippen MR) is 69.3 cm³/mol. The van der Waals surface area contributed by atoms with E-state index in [1.807, 2.05) is 11.3 Å². The highest BCUT2D eigenvalue weighted by molar-refractivity contribution is 7.11. The molecule has 2 heterocycles. The molecule has 1 aliphatic carbocycles. The Morgan fingerprint density at radius 2 is 2.00 bits per heavy atom. The lowest BCUT2D eigenvalue weighted by molar-refractivity contribution is 0.139. The maximum absolute atomic E-state index is 6.56. The molecule has 2 aliphatic rings. The normalized spacial score (nSPS) is 29.7. The number of nitrogens with two attached hydrogens (primary N) is 1. The number of hydrogen-bond donors (Lipinski definition) is 1. The summed E-state index contributed by atoms with van der Waals surface area (Å²) in [6.45, 7) is 1.63. The van der Waals surface area contributed by atoms with Gasteiger partial charge in [-0.25, -0.2) is 4.98 Å². The zero-order chi connectivity index (χ0) is 11.7. The quantitative estimate of drug-likeness (QED) is 0.835. The maximum atomic E-state index is 6.56. The van der Waals surface area contributed by atoms with Gasteiger partial charge in [-0.3, -0.25) is 0 Å². The van der Waals surface area contributed by atoms with E-state index < -0.39 is 0 Å². The number of aryl methyl sites for hydroxylation is 2. The number of ether oxygens (including phenoxy) is 1. The summed E-state index contributed by atoms with van der Waals surface area (Å²) in [5.74, 6) is 0. The first-order valence-corrected chi connectivity index (χ1v) is 7.45. The zero-order valence-corrected chi connectivity index (χ0v) is 11.0. The summed E-state index contributed by atoms with van der Waals surface area (Å²) in [5.41, 5.74) is 7.66. The Hall–Kier alpha value is -0.450. The van der Waals surface area contributed by atoms with Crippen molar-refractivity contribution in [3.05, 3.63) is 15.6 Å². The molecule has 0 amide bonds. The Balaban J connectivity index is 1.88. The van der Waals surface area contributed by atoms with E-state index in [2.05, 4.69) is 0 Å². The number of hydrogen-bond acceptors (Lipinski definition) is 4. The highest BCUT2D eigenvalue weighted by Crippen LogP contribution is 2.36. The van der Waals surface area contributed by atoms with Gasteiger partial charge < -0.3 is 10.5 Å². The molecule has 1 aromatic rings. The molecule has 1 saturated heterocycles. The first kappa shape index (κ1) is 11.6. The number of aromatic nitrogens is 1. The van der Waals surface area contributed by atoms with Crippen molar-refractivity contribution in [2.45, 2.75) is 50.5 Å². The number of thiazole rings is 1. The summed E-state index contributed by atoms with van der Waals surface area (Å²) < 4.78 is 5.51. The molecule has 1 atom stereocenters. The Bertz CT molecular complexity index is 371. The van der Waals surface area contributed by atoms with Crippen molar-refractivity contribution in [3.8, 4) is 0 Å². The fraction of sp³-hybridized carbons (Fsp3) is 0.769. The number of rotatable bonds is 1. The molecule has 1 aromatic heterocycles. The van der Waals surface area contributed by atoms with Gasteiger partial charge >= 0.3 is 0 Å². The van der Waals surface area contributed by atoms with Crippen molar-refractivity contribution in [1.82, 2.24) is 4.98 Å². The van der Waals surface area contributed by atoms with Gasteiger partial charge in [-0.1, -0.05) is 0 Å². The van der Waals surface area contributed by atoms with Crippen molar-refractivity contribution >= 4 is 11.3 Å². The minimum atomic E-state index is -0.224. The smallest absolute Gasteiger partial charge is 0.113 e. The van der Waals surface area contributed by atoms with E-state index in [4.69, 9.17) is 15.5 Å². The summed E-state index contributed by atoms with van der Waals surface area (Å²) in [5, 5.41) is 1.16. The topological polar surface area (TPSA) is 48.1 Å². The van der Waals surface area contributed by atoms with E-state index in [0.29, 0.717) is 0 Å². The number of nitrogens with zero attached hydrogens (tertiary/aromatic N) is 1. The summed E-state index contributed by atoms with van der Waals surface area (Å²) >= 11 is 1.86. The third-order valence-corrected chi connectivity index (χ3v) is 5.25. The molecular weight excluding hydrogens is 232 g/mol. The van der Waals surface area contributed by atoms with Gasteiger partial charge in [0.1, 0.15) is 5.01 Å². The summed E-state index contributed by atoms with van der Waals surface area (Å²) in [4.78, 5) is 6.31. The van der Waals surface area contributed by atoms with Crippen molar-refractivity contribution < 1.29 is 4.74 Å². The van der Waals surface area contributed by atoms with Crippen LogP contribution < -0.4 is 5.73 Å². The molecule has 1 aliphatic heterocycles. The summed E-state index contributed by atoms with van der Waals surface area (Å²) in [6, 6.07) is 0. The minimum absolute atomic E-state index is 0.224. The lowest BCUT2D eigenvalue weighted by Crippen LogP contribution is -2.36. The number of fused-ring (bicyclic) bond motifs is 1. The summed E-state index contributed by atoms with van der Waals surface area (Å²) in [6.07, 6.45) is 7.95. The van der Waals surface area contributed by atoms with Gasteiger partial charge in [-0.05, 0) is 44.9 Å². The molecule has 17 heavy (non-hydrogen) atoms. The lowest BCUT2D eigenvalue weighted by atomic mass is 9.92. The van der Waals surface area contributed by atoms with Crippen LogP contribution in [0.4, 0.5) is 0 Å². The molecule has 0 bridgehead atoms. The van der Waals surface area contributed by atoms with E-state index in [9.17, 15) is 0 Å². The van der Waals surface area contributed by atoms with Crippen molar-refractivity contribution in [2.75, 3.05) is 13.2 Å². The average Bonchev–Trinajstić information content (AvgIpc) is 2.66. The standard InChI is InChI=1S/C13H20N2OS/c14-13(6-3-8-16-9-7-13)12-15-10-4-1-2-5-11(10)17-12/h1-9,14H2. The van der Waals surface area contributed by atoms with E-state index in [1.165, 1.54) is 29.8 Å². The second kappa shape index (κ2) is 4.67. The molecule has 1 fully saturated rings. The molecule has 0 spiro atoms. The van der Waals surface area contributed by atoms with Gasteiger partial charge in [0.25, 0.3) is 0 Å². The highest BCUT2D eigenvalue weighted by Gasteiger charge is 2.33. The molecule has 3 nitrogen and oxygen atoms in total. The van der Waals surface area contributed by atoms with Crippen molar-refractivity contribution in [1.29, 1.82) is 0 Å². The SMILES string of the molecule is NC1(c2nc3c(s2)CCCC3)CCCOCC1. The van der Waals surface area contributed by atoms with Crippen LogP contribution in [0.5, 0.6) is 0 Å². The van der Waals surface area contributed by atoms with Gasteiger partial charge in [0.05, 0.1) is 11.2 Å². The fourth-order valence-corrected chi connectivity index (χ4v) is 4.06. The van der Waals surface area contributed by atoms with Crippen LogP contribution in [0.15, 0.2) is 0 Å². The molecule has 2 N–H and O–H groups in total. The van der Waals surface area contributed by atoms with Crippen LogP contribution in [-0.4, -0.2) is 18.2 Å². The molecule has 3 rings (SSSR count). The van der Waals surface area contributed by atoms with E-state index in [-0.39, 0.29) is 5.54 Å². The van der Waals surface area contributed by atoms with Crippen LogP contribution in [0.3, 0.4) is 0 Å². The van der Waals surface area contributed by atoms with E-state index in [1.54, 1.807) is 0 Å². The largest absolute Gasteiger partial charge is 0.381 e. The van der Waals surface area contributed by atoms with E-state index >= 15 is 0 Å². The molecule has 0 saturated carbocycles. The van der Waals surface area contributed by atoms with Crippen LogP contribution in [0.2, 0.25) is 0 Å². The monoisotopic (exact) mass is 252 g/mol. The molecule has 0 aromatic carbocycles. The van der Waals surface area contributed by atoms with Crippen LogP contribution in [0, 0.1) is 0 Å². The van der Waals surface area contributed by atoms with E-state index in [0.717, 1.165) is 43.9 Å². The lowest BCUT2D eigenvalue weighted by Gasteiger charge is -2.24. The van der Waals surface area contributed by atoms with Crippen LogP contribution in [-0.2, 0) is 23.1 Å². The second-order valence-electron chi connectivity index (χ2n) is 5.22. The first-order valence-electron chi connectivity index (χ1n) is 6.64. The predicted octanol–water partition coefficient (Wildman–Crippen LogP) is 2.38. The average molecular weight is 252 g/mol. The second-order valence-corrected chi connectivity index (χ2v) is 6.30. The zero-order valence-electron chi connectivity index (χ0n) is 10.2. The van der Waals surface area contributed by atoms with Gasteiger partial charge in [-0.2, -0.15) is 0 Å². The Labute approximate surface area is 106 Å². The molecule has 0 radical (unpaired) electrons. The van der Waals surface area contributed by atoms with Crippen LogP contribution >= 0.6 is 11.3 Å². The fourth-order valence-electron chi connectivity index (χ4n) is 2.75.